The Kier molecular flexibility index (Phi) is 14.8. The summed E-state index contributed by atoms with van der Waals surface area (Å²) in [5, 5.41) is 8.24. The van der Waals surface area contributed by atoms with Gasteiger partial charge in [-0.25, -0.2) is 36.5 Å². The molecule has 1 fully saturated rings. The molecule has 0 bridgehead atoms. The first-order chi connectivity index (χ1) is 22.5. The second-order valence-corrected chi connectivity index (χ2v) is 10.8. The smallest absolute Gasteiger partial charge is 0.388 e. The molecule has 0 aliphatic carbocycles. The highest BCUT2D eigenvalue weighted by molar-refractivity contribution is 6.48. The SMILES string of the molecule is CC.CCC(C)(C)C(F)(F)F.COC.[B]C1([B])NC(=O)N(Cc2cnn3cc(CNC(=O)c4nonc4C(F)F)nc3c2)C([B])([B])C1(F)F. The van der Waals surface area contributed by atoms with Gasteiger partial charge in [0.05, 0.1) is 61.4 Å². The van der Waals surface area contributed by atoms with Gasteiger partial charge in [0.2, 0.25) is 5.69 Å². The average Bonchev–Trinajstić information content (AvgIpc) is 3.66. The zero-order chi connectivity index (χ0) is 38.2. The molecule has 1 saturated heterocycles. The number of hydrogen-bond donors (Lipinski definition) is 2. The number of fused-ring (bicyclic) bond motifs is 1. The largest absolute Gasteiger partial charge is 0.393 e. The molecule has 12 nitrogen and oxygen atoms in total. The zero-order valence-electron chi connectivity index (χ0n) is 27.7. The number of amides is 3. The highest BCUT2D eigenvalue weighted by Crippen LogP contribution is 2.41. The predicted molar refractivity (Wildman–Crippen MR) is 165 cm³/mol. The molecule has 8 radical (unpaired) electrons. The van der Waals surface area contributed by atoms with Crippen molar-refractivity contribution in [3.63, 3.8) is 0 Å². The fourth-order valence-electron chi connectivity index (χ4n) is 3.46. The molecule has 49 heavy (non-hydrogen) atoms. The number of alkyl halides is 7. The highest BCUT2D eigenvalue weighted by atomic mass is 19.4. The van der Waals surface area contributed by atoms with Crippen molar-refractivity contribution in [2.45, 2.75) is 83.3 Å². The van der Waals surface area contributed by atoms with Gasteiger partial charge in [0, 0.05) is 31.4 Å². The molecule has 1 aliphatic heterocycles. The molecule has 0 unspecified atom stereocenters. The third-order valence-electron chi connectivity index (χ3n) is 6.81. The number of imidazole rings is 1. The number of aromatic nitrogens is 5. The van der Waals surface area contributed by atoms with E-state index in [2.05, 4.69) is 35.1 Å². The van der Waals surface area contributed by atoms with Crippen LogP contribution >= 0.6 is 0 Å². The highest BCUT2D eigenvalue weighted by Gasteiger charge is 2.62. The minimum atomic E-state index is -4.13. The van der Waals surface area contributed by atoms with Crippen LogP contribution in [0.25, 0.3) is 5.65 Å². The number of hydrogen-bond acceptors (Lipinski definition) is 8. The normalized spacial score (nSPS) is 16.3. The van der Waals surface area contributed by atoms with Crippen LogP contribution in [0.2, 0.25) is 0 Å². The molecule has 1 aliphatic rings. The van der Waals surface area contributed by atoms with Crippen molar-refractivity contribution in [2.75, 3.05) is 14.2 Å². The molecular formula is C26H33B4F7N8O4. The van der Waals surface area contributed by atoms with Crippen LogP contribution in [-0.4, -0.2) is 110 Å². The molecule has 4 heterocycles. The van der Waals surface area contributed by atoms with E-state index in [4.69, 9.17) is 31.4 Å². The van der Waals surface area contributed by atoms with Gasteiger partial charge in [-0.3, -0.25) is 4.79 Å². The maximum Gasteiger partial charge on any atom is 0.393 e. The molecule has 3 amide bonds. The average molecular weight is 698 g/mol. The van der Waals surface area contributed by atoms with E-state index in [1.807, 2.05) is 13.8 Å². The van der Waals surface area contributed by atoms with Gasteiger partial charge in [0.25, 0.3) is 18.3 Å². The third-order valence-corrected chi connectivity index (χ3v) is 6.81. The summed E-state index contributed by atoms with van der Waals surface area (Å²) in [6.45, 7) is 7.22. The minimum Gasteiger partial charge on any atom is -0.388 e. The van der Waals surface area contributed by atoms with Gasteiger partial charge >= 0.3 is 12.2 Å². The zero-order valence-corrected chi connectivity index (χ0v) is 27.7. The monoisotopic (exact) mass is 698 g/mol. The molecule has 3 aromatic rings. The summed E-state index contributed by atoms with van der Waals surface area (Å²) in [5.41, 5.74) is -2.45. The van der Waals surface area contributed by atoms with Crippen LogP contribution in [0.5, 0.6) is 0 Å². The van der Waals surface area contributed by atoms with Gasteiger partial charge in [-0.1, -0.05) is 34.6 Å². The molecule has 3 aromatic heterocycles. The first-order valence-electron chi connectivity index (χ1n) is 14.3. The number of urea groups is 1. The summed E-state index contributed by atoms with van der Waals surface area (Å²) in [7, 11) is 24.9. The number of carbonyl (C=O) groups is 2. The summed E-state index contributed by atoms with van der Waals surface area (Å²) in [6.07, 6.45) is -4.34. The van der Waals surface area contributed by atoms with E-state index in [0.717, 1.165) is 0 Å². The van der Waals surface area contributed by atoms with Crippen molar-refractivity contribution < 1.29 is 49.7 Å². The van der Waals surface area contributed by atoms with Crippen LogP contribution < -0.4 is 10.6 Å². The molecule has 23 heteroatoms. The summed E-state index contributed by atoms with van der Waals surface area (Å²) in [6, 6.07) is 0.256. The summed E-state index contributed by atoms with van der Waals surface area (Å²) in [5.74, 6) is -5.10. The lowest BCUT2D eigenvalue weighted by Gasteiger charge is -2.56. The second-order valence-electron chi connectivity index (χ2n) is 10.8. The summed E-state index contributed by atoms with van der Waals surface area (Å²) < 4.78 is 100. The van der Waals surface area contributed by atoms with Crippen molar-refractivity contribution in [3.8, 4) is 0 Å². The Morgan fingerprint density at radius 1 is 1.12 bits per heavy atom. The van der Waals surface area contributed by atoms with Crippen LogP contribution in [0.4, 0.5) is 35.5 Å². The molecule has 4 rings (SSSR count). The van der Waals surface area contributed by atoms with E-state index in [1.165, 1.54) is 43.7 Å². The predicted octanol–water partition coefficient (Wildman–Crippen LogP) is 3.40. The van der Waals surface area contributed by atoms with E-state index < -0.39 is 64.5 Å². The second kappa shape index (κ2) is 16.8. The number of nitrogens with one attached hydrogen (secondary N) is 2. The van der Waals surface area contributed by atoms with Crippen molar-refractivity contribution in [1.82, 2.24) is 40.4 Å². The van der Waals surface area contributed by atoms with Crippen molar-refractivity contribution in [3.05, 3.63) is 41.1 Å². The first-order valence-corrected chi connectivity index (χ1v) is 14.3. The fourth-order valence-corrected chi connectivity index (χ4v) is 3.46. The number of ether oxygens (including phenoxy) is 1. The number of carbonyl (C=O) groups excluding carboxylic acids is 2. The molecule has 0 atom stereocenters. The summed E-state index contributed by atoms with van der Waals surface area (Å²) >= 11 is 0. The van der Waals surface area contributed by atoms with Gasteiger partial charge < -0.3 is 20.3 Å². The first kappa shape index (κ1) is 43.3. The van der Waals surface area contributed by atoms with E-state index in [0.29, 0.717) is 4.90 Å². The van der Waals surface area contributed by atoms with E-state index in [1.54, 1.807) is 19.5 Å². The number of halogens is 7. The summed E-state index contributed by atoms with van der Waals surface area (Å²) in [4.78, 5) is 29.0. The van der Waals surface area contributed by atoms with Gasteiger partial charge in [-0.2, -0.15) is 18.3 Å². The Balaban J connectivity index is 0.000000730. The maximum atomic E-state index is 14.6. The lowest BCUT2D eigenvalue weighted by molar-refractivity contribution is -0.212. The van der Waals surface area contributed by atoms with Crippen molar-refractivity contribution in [1.29, 1.82) is 0 Å². The maximum absolute atomic E-state index is 14.6. The van der Waals surface area contributed by atoms with E-state index >= 15 is 0 Å². The molecule has 2 N–H and O–H groups in total. The Morgan fingerprint density at radius 2 is 1.69 bits per heavy atom. The van der Waals surface area contributed by atoms with Crippen LogP contribution in [0.15, 0.2) is 23.1 Å². The lowest BCUT2D eigenvalue weighted by Crippen LogP contribution is -2.82. The van der Waals surface area contributed by atoms with E-state index in [-0.39, 0.29) is 29.9 Å². The molecule has 0 spiro atoms. The fraction of sp³-hybridized carbons (Fsp3) is 0.615. The van der Waals surface area contributed by atoms with Crippen LogP contribution in [-0.2, 0) is 17.8 Å². The van der Waals surface area contributed by atoms with Crippen LogP contribution in [0.1, 0.15) is 74.9 Å². The van der Waals surface area contributed by atoms with Crippen LogP contribution in [0, 0.1) is 5.41 Å². The van der Waals surface area contributed by atoms with Gasteiger partial charge in [-0.05, 0) is 28.4 Å². The number of methoxy groups -OCH3 is 1. The number of rotatable bonds is 7. The molecule has 262 valence electrons. The third kappa shape index (κ3) is 9.91. The molecule has 0 aromatic carbocycles. The Labute approximate surface area is 283 Å². The molecule has 0 saturated carbocycles. The molecular weight excluding hydrogens is 665 g/mol. The lowest BCUT2D eigenvalue weighted by atomic mass is 9.43. The Hall–Kier alpha value is -3.77. The van der Waals surface area contributed by atoms with Crippen molar-refractivity contribution >= 4 is 49.0 Å². The van der Waals surface area contributed by atoms with Crippen LogP contribution in [0.3, 0.4) is 0 Å². The Bertz CT molecular complexity index is 1540. The topological polar surface area (TPSA) is 140 Å². The van der Waals surface area contributed by atoms with Gasteiger partial charge in [0.1, 0.15) is 0 Å². The number of nitrogens with zero attached hydrogens (tertiary/aromatic N) is 6. The van der Waals surface area contributed by atoms with E-state index in [9.17, 15) is 40.3 Å². The van der Waals surface area contributed by atoms with Crippen molar-refractivity contribution in [2.24, 2.45) is 5.41 Å². The minimum absolute atomic E-state index is 0.135. The Morgan fingerprint density at radius 3 is 2.18 bits per heavy atom. The quantitative estimate of drug-likeness (QED) is 0.283. The standard InChI is InChI=1S/C16H10B4F4N8O3.C6H11F3.C2H6O.C2H6/c17-15(18)14(23,24)16(19,20)31(13(34)28-15)4-6-1-8-27-7(5-32(8)26-2-6)3-25-12(33)10-9(11(21)22)29-35-30-10;1-4-5(2,3)6(7,8)9;1-3-2;1-2/h1-2,5,11H,3-4H2,(H,25,33)(H,28,34);4H2,1-3H3;1-2H3;1-2H3. The van der Waals surface area contributed by atoms with Gasteiger partial charge in [-0.15, -0.1) is 0 Å². The van der Waals surface area contributed by atoms with Gasteiger partial charge in [0.15, 0.2) is 11.3 Å².